The van der Waals surface area contributed by atoms with Gasteiger partial charge in [-0.3, -0.25) is 14.2 Å². The molecule has 0 aliphatic heterocycles. The average molecular weight is 382 g/mol. The molecule has 2 aromatic heterocycles. The Hall–Kier alpha value is -2.47. The predicted molar refractivity (Wildman–Crippen MR) is 108 cm³/mol. The van der Waals surface area contributed by atoms with Crippen LogP contribution in [0.3, 0.4) is 0 Å². The molecule has 5 nitrogen and oxygen atoms in total. The van der Waals surface area contributed by atoms with Crippen LogP contribution in [0, 0.1) is 5.41 Å². The second-order valence-corrected chi connectivity index (χ2v) is 9.14. The predicted octanol–water partition coefficient (Wildman–Crippen LogP) is 3.32. The van der Waals surface area contributed by atoms with Crippen molar-refractivity contribution in [1.82, 2.24) is 9.13 Å². The molecule has 0 atom stereocenters. The number of aromatic nitrogens is 2. The van der Waals surface area contributed by atoms with Crippen molar-refractivity contribution in [3.63, 3.8) is 0 Å². The third-order valence-electron chi connectivity index (χ3n) is 5.14. The summed E-state index contributed by atoms with van der Waals surface area (Å²) < 4.78 is 2.71. The Morgan fingerprint density at radius 3 is 2.48 bits per heavy atom. The van der Waals surface area contributed by atoms with Crippen molar-refractivity contribution in [1.29, 1.82) is 0 Å². The second kappa shape index (κ2) is 6.30. The first-order valence-electron chi connectivity index (χ1n) is 9.18. The lowest BCUT2D eigenvalue weighted by atomic mass is 9.91. The van der Waals surface area contributed by atoms with Crippen molar-refractivity contribution in [2.45, 2.75) is 46.6 Å². The second-order valence-electron chi connectivity index (χ2n) is 8.06. The van der Waals surface area contributed by atoms with Gasteiger partial charge >= 0.3 is 5.69 Å². The first kappa shape index (κ1) is 17.9. The van der Waals surface area contributed by atoms with Gasteiger partial charge < -0.3 is 0 Å². The number of carbonyl (C=O) groups excluding carboxylic acids is 1. The first-order chi connectivity index (χ1) is 12.8. The lowest BCUT2D eigenvalue weighted by molar-refractivity contribution is -0.126. The van der Waals surface area contributed by atoms with E-state index in [-0.39, 0.29) is 17.9 Å². The summed E-state index contributed by atoms with van der Waals surface area (Å²) in [5, 5.41) is 0.609. The number of hydrogen-bond acceptors (Lipinski definition) is 4. The van der Waals surface area contributed by atoms with Gasteiger partial charge in [-0.2, -0.15) is 0 Å². The molecule has 0 fully saturated rings. The van der Waals surface area contributed by atoms with Crippen LogP contribution in [0.1, 0.15) is 37.6 Å². The number of thiophene rings is 1. The van der Waals surface area contributed by atoms with Crippen LogP contribution in [0.25, 0.3) is 15.9 Å². The van der Waals surface area contributed by atoms with Gasteiger partial charge in [0.15, 0.2) is 5.78 Å². The number of ketones is 1. The monoisotopic (exact) mass is 382 g/mol. The van der Waals surface area contributed by atoms with Gasteiger partial charge in [0.1, 0.15) is 4.83 Å². The lowest BCUT2D eigenvalue weighted by Gasteiger charge is -2.18. The number of fused-ring (bicyclic) bond motifs is 3. The molecule has 27 heavy (non-hydrogen) atoms. The van der Waals surface area contributed by atoms with E-state index in [1.807, 2.05) is 26.8 Å². The minimum atomic E-state index is -0.556. The Kier molecular flexibility index (Phi) is 4.18. The smallest absolute Gasteiger partial charge is 0.297 e. The molecule has 1 aliphatic carbocycles. The highest BCUT2D eigenvalue weighted by Gasteiger charge is 2.28. The van der Waals surface area contributed by atoms with Crippen LogP contribution in [0.4, 0.5) is 0 Å². The number of carbonyl (C=O) groups is 1. The average Bonchev–Trinajstić information content (AvgIpc) is 3.19. The van der Waals surface area contributed by atoms with E-state index >= 15 is 0 Å². The third-order valence-corrected chi connectivity index (χ3v) is 6.45. The summed E-state index contributed by atoms with van der Waals surface area (Å²) in [6.45, 7) is 5.52. The van der Waals surface area contributed by atoms with E-state index in [9.17, 15) is 14.4 Å². The number of Topliss-reactive ketones (excluding diaryl/α,β-unsaturated/α-hetero) is 1. The molecule has 0 saturated carbocycles. The summed E-state index contributed by atoms with van der Waals surface area (Å²) in [6.07, 6.45) is 2.81. The van der Waals surface area contributed by atoms with Crippen LogP contribution >= 0.6 is 11.3 Å². The van der Waals surface area contributed by atoms with Crippen molar-refractivity contribution >= 4 is 27.3 Å². The van der Waals surface area contributed by atoms with E-state index in [0.717, 1.165) is 24.8 Å². The third kappa shape index (κ3) is 2.88. The van der Waals surface area contributed by atoms with Gasteiger partial charge in [0.05, 0.1) is 17.6 Å². The number of nitrogens with zero attached hydrogens (tertiary/aromatic N) is 2. The summed E-state index contributed by atoms with van der Waals surface area (Å²) in [5.41, 5.74) is 0.307. The van der Waals surface area contributed by atoms with Crippen molar-refractivity contribution in [3.8, 4) is 5.69 Å². The fourth-order valence-corrected chi connectivity index (χ4v) is 4.90. The van der Waals surface area contributed by atoms with E-state index in [1.165, 1.54) is 25.3 Å². The molecule has 4 rings (SSSR count). The zero-order chi connectivity index (χ0) is 19.3. The van der Waals surface area contributed by atoms with Crippen LogP contribution in [0.15, 0.2) is 39.9 Å². The Balaban J connectivity index is 2.06. The normalized spacial score (nSPS) is 13.9. The molecular weight excluding hydrogens is 360 g/mol. The molecule has 1 aromatic carbocycles. The summed E-state index contributed by atoms with van der Waals surface area (Å²) in [7, 11) is 0. The zero-order valence-electron chi connectivity index (χ0n) is 15.7. The Morgan fingerprint density at radius 2 is 1.81 bits per heavy atom. The number of hydrogen-bond donors (Lipinski definition) is 0. The van der Waals surface area contributed by atoms with Gasteiger partial charge in [-0.15, -0.1) is 11.3 Å². The van der Waals surface area contributed by atoms with Gasteiger partial charge in [0.25, 0.3) is 5.56 Å². The van der Waals surface area contributed by atoms with Crippen LogP contribution in [-0.2, 0) is 24.2 Å². The number of rotatable bonds is 3. The van der Waals surface area contributed by atoms with Crippen molar-refractivity contribution < 1.29 is 4.79 Å². The highest BCUT2D eigenvalue weighted by molar-refractivity contribution is 7.19. The summed E-state index contributed by atoms with van der Waals surface area (Å²) in [5.74, 6) is -0.0299. The molecule has 6 heteroatoms. The number of para-hydroxylation sites is 1. The van der Waals surface area contributed by atoms with Crippen LogP contribution in [0.2, 0.25) is 0 Å². The van der Waals surface area contributed by atoms with Crippen molar-refractivity contribution in [2.24, 2.45) is 5.41 Å². The molecule has 0 unspecified atom stereocenters. The molecule has 0 bridgehead atoms. The van der Waals surface area contributed by atoms with E-state index in [4.69, 9.17) is 0 Å². The summed E-state index contributed by atoms with van der Waals surface area (Å²) in [6, 6.07) is 8.94. The minimum Gasteiger partial charge on any atom is -0.297 e. The summed E-state index contributed by atoms with van der Waals surface area (Å²) in [4.78, 5) is 41.1. The maximum absolute atomic E-state index is 13.3. The van der Waals surface area contributed by atoms with Gasteiger partial charge in [0, 0.05) is 10.3 Å². The number of aryl methyl sites for hydroxylation is 2. The van der Waals surface area contributed by atoms with Crippen LogP contribution in [-0.4, -0.2) is 14.9 Å². The molecule has 0 amide bonds. The highest BCUT2D eigenvalue weighted by Crippen LogP contribution is 2.35. The fourth-order valence-electron chi connectivity index (χ4n) is 3.53. The van der Waals surface area contributed by atoms with E-state index in [2.05, 4.69) is 0 Å². The maximum Gasteiger partial charge on any atom is 0.337 e. The molecule has 2 heterocycles. The molecule has 1 aliphatic rings. The quantitative estimate of drug-likeness (QED) is 0.698. The van der Waals surface area contributed by atoms with E-state index in [0.29, 0.717) is 15.9 Å². The summed E-state index contributed by atoms with van der Waals surface area (Å²) >= 11 is 1.50. The van der Waals surface area contributed by atoms with E-state index < -0.39 is 11.1 Å². The molecule has 3 aromatic rings. The molecule has 0 N–H and O–H groups in total. The largest absolute Gasteiger partial charge is 0.337 e. The van der Waals surface area contributed by atoms with Crippen LogP contribution < -0.4 is 11.2 Å². The molecule has 140 valence electrons. The highest BCUT2D eigenvalue weighted by atomic mass is 32.1. The molecule has 0 spiro atoms. The SMILES string of the molecule is CC(C)(C)C(=O)Cn1c(=O)n(-c2ccccc2)c(=O)c2c3c(sc21)CCC3. The maximum atomic E-state index is 13.3. The van der Waals surface area contributed by atoms with E-state index in [1.54, 1.807) is 24.3 Å². The van der Waals surface area contributed by atoms with Crippen molar-refractivity contribution in [2.75, 3.05) is 0 Å². The molecule has 0 radical (unpaired) electrons. The van der Waals surface area contributed by atoms with Crippen LogP contribution in [0.5, 0.6) is 0 Å². The Labute approximate surface area is 160 Å². The minimum absolute atomic E-state index is 0.0225. The first-order valence-corrected chi connectivity index (χ1v) is 9.99. The van der Waals surface area contributed by atoms with Crippen molar-refractivity contribution in [3.05, 3.63) is 61.6 Å². The van der Waals surface area contributed by atoms with Gasteiger partial charge in [-0.1, -0.05) is 39.0 Å². The Morgan fingerprint density at radius 1 is 1.11 bits per heavy atom. The number of benzene rings is 1. The topological polar surface area (TPSA) is 61.1 Å². The molecular formula is C21H22N2O3S. The van der Waals surface area contributed by atoms with Gasteiger partial charge in [-0.05, 0) is 37.0 Å². The van der Waals surface area contributed by atoms with Gasteiger partial charge in [0.2, 0.25) is 0 Å². The van der Waals surface area contributed by atoms with Gasteiger partial charge in [-0.25, -0.2) is 9.36 Å². The molecule has 0 saturated heterocycles. The zero-order valence-corrected chi connectivity index (χ0v) is 16.6. The lowest BCUT2D eigenvalue weighted by Crippen LogP contribution is -2.41. The fraction of sp³-hybridized carbons (Fsp3) is 0.381. The standard InChI is InChI=1S/C21H22N2O3S/c1-21(2,3)16(24)12-22-19-17(14-10-7-11-15(14)27-19)18(25)23(20(22)26)13-8-5-4-6-9-13/h4-6,8-9H,7,10-12H2,1-3H3. The Bertz CT molecular complexity index is 1160.